The minimum atomic E-state index is 0.00999. The van der Waals surface area contributed by atoms with Crippen LogP contribution in [0.25, 0.3) is 11.0 Å². The van der Waals surface area contributed by atoms with Gasteiger partial charge in [0.05, 0.1) is 17.6 Å². The number of carbonyl (C=O) groups excluding carboxylic acids is 1. The van der Waals surface area contributed by atoms with E-state index in [9.17, 15) is 4.79 Å². The van der Waals surface area contributed by atoms with Gasteiger partial charge in [0.15, 0.2) is 11.5 Å². The summed E-state index contributed by atoms with van der Waals surface area (Å²) in [5, 5.41) is 0. The van der Waals surface area contributed by atoms with E-state index in [-0.39, 0.29) is 11.8 Å². The van der Waals surface area contributed by atoms with E-state index in [0.717, 1.165) is 47.0 Å². The van der Waals surface area contributed by atoms with Crippen molar-refractivity contribution in [2.24, 2.45) is 0 Å². The molecule has 0 saturated carbocycles. The number of ether oxygens (including phenoxy) is 3. The Balaban J connectivity index is 1.21. The van der Waals surface area contributed by atoms with E-state index < -0.39 is 0 Å². The summed E-state index contributed by atoms with van der Waals surface area (Å²) < 4.78 is 19.6. The predicted octanol–water partition coefficient (Wildman–Crippen LogP) is 5.11. The summed E-state index contributed by atoms with van der Waals surface area (Å²) in [6, 6.07) is 22.0. The molecule has 3 heterocycles. The van der Waals surface area contributed by atoms with Gasteiger partial charge >= 0.3 is 0 Å². The maximum absolute atomic E-state index is 13.1. The Labute approximate surface area is 210 Å². The van der Waals surface area contributed by atoms with E-state index in [4.69, 9.17) is 19.2 Å². The van der Waals surface area contributed by atoms with Crippen molar-refractivity contribution in [3.8, 4) is 17.2 Å². The van der Waals surface area contributed by atoms with Crippen LogP contribution in [0.2, 0.25) is 0 Å². The molecule has 1 atom stereocenters. The molecule has 1 unspecified atom stereocenters. The summed E-state index contributed by atoms with van der Waals surface area (Å²) in [6.07, 6.45) is 1.27. The van der Waals surface area contributed by atoms with Crippen LogP contribution in [0.3, 0.4) is 0 Å². The number of nitrogens with zero attached hydrogens (tertiary/aromatic N) is 3. The molecule has 2 aliphatic rings. The van der Waals surface area contributed by atoms with Gasteiger partial charge in [-0.15, -0.1) is 0 Å². The summed E-state index contributed by atoms with van der Waals surface area (Å²) in [5.41, 5.74) is 4.07. The largest absolute Gasteiger partial charge is 0.494 e. The second-order valence-corrected chi connectivity index (χ2v) is 9.36. The van der Waals surface area contributed by atoms with Crippen molar-refractivity contribution < 1.29 is 19.0 Å². The molecule has 0 aliphatic carbocycles. The molecule has 184 valence electrons. The SMILES string of the molecule is Cc1cccc(OCCCn2c(C3CC(=O)N(c4ccc5c(c4)OCCO5)C3)nc3ccccc32)c1. The smallest absolute Gasteiger partial charge is 0.227 e. The van der Waals surface area contributed by atoms with E-state index in [2.05, 4.69) is 29.7 Å². The van der Waals surface area contributed by atoms with Gasteiger partial charge in [-0.1, -0.05) is 24.3 Å². The van der Waals surface area contributed by atoms with Crippen molar-refractivity contribution in [3.63, 3.8) is 0 Å². The van der Waals surface area contributed by atoms with Crippen LogP contribution in [0.1, 0.15) is 30.1 Å². The summed E-state index contributed by atoms with van der Waals surface area (Å²) >= 11 is 0. The van der Waals surface area contributed by atoms with Crippen LogP contribution < -0.4 is 19.1 Å². The number of anilines is 1. The molecule has 36 heavy (non-hydrogen) atoms. The average molecular weight is 484 g/mol. The molecule has 1 aromatic heterocycles. The molecule has 0 spiro atoms. The van der Waals surface area contributed by atoms with Gasteiger partial charge in [0, 0.05) is 37.2 Å². The molecule has 1 saturated heterocycles. The van der Waals surface area contributed by atoms with Gasteiger partial charge in [-0.3, -0.25) is 4.79 Å². The number of carbonyl (C=O) groups is 1. The number of para-hydroxylation sites is 2. The average Bonchev–Trinajstić information content (AvgIpc) is 3.47. The zero-order chi connectivity index (χ0) is 24.5. The number of imidazole rings is 1. The topological polar surface area (TPSA) is 65.8 Å². The first kappa shape index (κ1) is 22.5. The number of hydrogen-bond acceptors (Lipinski definition) is 5. The summed E-state index contributed by atoms with van der Waals surface area (Å²) in [6.45, 7) is 5.10. The molecule has 6 rings (SSSR count). The van der Waals surface area contributed by atoms with Crippen LogP contribution in [0, 0.1) is 6.92 Å². The second kappa shape index (κ2) is 9.57. The van der Waals surface area contributed by atoms with Gasteiger partial charge in [0.1, 0.15) is 24.8 Å². The van der Waals surface area contributed by atoms with Gasteiger partial charge in [0.25, 0.3) is 0 Å². The minimum absolute atomic E-state index is 0.00999. The standard InChI is InChI=1S/C29H29N3O4/c1-20-6-4-7-23(16-20)34-13-5-12-31-25-9-3-2-8-24(25)30-29(31)21-17-28(33)32(19-21)22-10-11-26-27(18-22)36-15-14-35-26/h2-4,6-11,16,18,21H,5,12-15,17,19H2,1H3. The molecule has 1 amide bonds. The van der Waals surface area contributed by atoms with Gasteiger partial charge in [-0.2, -0.15) is 0 Å². The summed E-state index contributed by atoms with van der Waals surface area (Å²) in [7, 11) is 0. The highest BCUT2D eigenvalue weighted by atomic mass is 16.6. The maximum atomic E-state index is 13.1. The first-order chi connectivity index (χ1) is 17.7. The Kier molecular flexibility index (Phi) is 5.97. The number of hydrogen-bond donors (Lipinski definition) is 0. The third-order valence-electron chi connectivity index (χ3n) is 6.80. The highest BCUT2D eigenvalue weighted by Gasteiger charge is 2.35. The molecule has 1 fully saturated rings. The van der Waals surface area contributed by atoms with Gasteiger partial charge in [0.2, 0.25) is 5.91 Å². The monoisotopic (exact) mass is 483 g/mol. The van der Waals surface area contributed by atoms with Gasteiger partial charge in [-0.25, -0.2) is 4.98 Å². The number of benzene rings is 3. The van der Waals surface area contributed by atoms with Crippen LogP contribution in [0.15, 0.2) is 66.7 Å². The predicted molar refractivity (Wildman–Crippen MR) is 138 cm³/mol. The number of rotatable bonds is 7. The van der Waals surface area contributed by atoms with E-state index in [1.807, 2.05) is 53.4 Å². The fourth-order valence-electron chi connectivity index (χ4n) is 5.09. The van der Waals surface area contributed by atoms with Crippen molar-refractivity contribution in [3.05, 3.63) is 78.1 Å². The highest BCUT2D eigenvalue weighted by Crippen LogP contribution is 2.38. The first-order valence-corrected chi connectivity index (χ1v) is 12.5. The Morgan fingerprint density at radius 2 is 1.86 bits per heavy atom. The zero-order valence-corrected chi connectivity index (χ0v) is 20.4. The Morgan fingerprint density at radius 1 is 1.00 bits per heavy atom. The lowest BCUT2D eigenvalue weighted by molar-refractivity contribution is -0.117. The minimum Gasteiger partial charge on any atom is -0.494 e. The van der Waals surface area contributed by atoms with Crippen LogP contribution >= 0.6 is 0 Å². The summed E-state index contributed by atoms with van der Waals surface area (Å²) in [4.78, 5) is 19.9. The molecule has 4 aromatic rings. The second-order valence-electron chi connectivity index (χ2n) is 9.36. The van der Waals surface area contributed by atoms with Crippen LogP contribution in [0.5, 0.6) is 17.2 Å². The van der Waals surface area contributed by atoms with Crippen LogP contribution in [-0.4, -0.2) is 41.8 Å². The van der Waals surface area contributed by atoms with Crippen LogP contribution in [0.4, 0.5) is 5.69 Å². The molecule has 0 bridgehead atoms. The number of fused-ring (bicyclic) bond motifs is 2. The molecular weight excluding hydrogens is 454 g/mol. The summed E-state index contributed by atoms with van der Waals surface area (Å²) in [5.74, 6) is 3.37. The van der Waals surface area contributed by atoms with Gasteiger partial charge in [-0.05, 0) is 55.3 Å². The first-order valence-electron chi connectivity index (χ1n) is 12.5. The maximum Gasteiger partial charge on any atom is 0.227 e. The Hall–Kier alpha value is -4.00. The Bertz CT molecular complexity index is 1410. The fraction of sp³-hybridized carbons (Fsp3) is 0.310. The quantitative estimate of drug-likeness (QED) is 0.342. The van der Waals surface area contributed by atoms with Gasteiger partial charge < -0.3 is 23.7 Å². The van der Waals surface area contributed by atoms with E-state index >= 15 is 0 Å². The molecule has 7 nitrogen and oxygen atoms in total. The van der Waals surface area contributed by atoms with Crippen molar-refractivity contribution >= 4 is 22.6 Å². The third-order valence-corrected chi connectivity index (χ3v) is 6.80. The van der Waals surface area contributed by atoms with E-state index in [0.29, 0.717) is 38.5 Å². The molecule has 7 heteroatoms. The lowest BCUT2D eigenvalue weighted by atomic mass is 10.1. The number of aryl methyl sites for hydroxylation is 2. The molecule has 0 radical (unpaired) electrons. The molecule has 0 N–H and O–H groups in total. The number of aromatic nitrogens is 2. The lowest BCUT2D eigenvalue weighted by Gasteiger charge is -2.22. The van der Waals surface area contributed by atoms with Crippen molar-refractivity contribution in [2.75, 3.05) is 31.3 Å². The molecular formula is C29H29N3O4. The molecule has 3 aromatic carbocycles. The van der Waals surface area contributed by atoms with Crippen LogP contribution in [-0.2, 0) is 11.3 Å². The van der Waals surface area contributed by atoms with Crippen molar-refractivity contribution in [2.45, 2.75) is 32.2 Å². The number of amides is 1. The Morgan fingerprint density at radius 3 is 2.75 bits per heavy atom. The van der Waals surface area contributed by atoms with Crippen molar-refractivity contribution in [1.29, 1.82) is 0 Å². The fourth-order valence-corrected chi connectivity index (χ4v) is 5.09. The van der Waals surface area contributed by atoms with E-state index in [1.165, 1.54) is 5.56 Å². The van der Waals surface area contributed by atoms with E-state index in [1.54, 1.807) is 0 Å². The molecule has 2 aliphatic heterocycles. The normalized spacial score (nSPS) is 17.1. The third kappa shape index (κ3) is 4.37. The highest BCUT2D eigenvalue weighted by molar-refractivity contribution is 5.97. The zero-order valence-electron chi connectivity index (χ0n) is 20.4. The van der Waals surface area contributed by atoms with Crippen molar-refractivity contribution in [1.82, 2.24) is 9.55 Å². The lowest BCUT2D eigenvalue weighted by Crippen LogP contribution is -2.25.